The van der Waals surface area contributed by atoms with E-state index in [1.54, 1.807) is 6.33 Å². The molecule has 3 fully saturated rings. The highest BCUT2D eigenvalue weighted by molar-refractivity contribution is 6.00. The molecular formula is C25H33N5O4. The fourth-order valence-electron chi connectivity index (χ4n) is 5.48. The van der Waals surface area contributed by atoms with Crippen LogP contribution in [-0.4, -0.2) is 64.1 Å². The Kier molecular flexibility index (Phi) is 5.53. The standard InChI is InChI=1S/C25H33N5O4/c1-24(2,3)34-23(33)29-13-10-25(15-29)8-11-28(12-9-25)17-4-5-19-18(14-17)26-16-30(19)20-6-7-21(31)27-22(20)32/h4-5,14,16,20H,6-13,15H2,1-3H3,(H,27,31,32). The van der Waals surface area contributed by atoms with Crippen molar-refractivity contribution in [3.05, 3.63) is 24.5 Å². The number of likely N-dealkylation sites (tertiary alicyclic amines) is 1. The Morgan fingerprint density at radius 2 is 1.88 bits per heavy atom. The van der Waals surface area contributed by atoms with Crippen molar-refractivity contribution in [1.82, 2.24) is 19.8 Å². The first-order valence-electron chi connectivity index (χ1n) is 12.2. The smallest absolute Gasteiger partial charge is 0.410 e. The maximum atomic E-state index is 12.5. The monoisotopic (exact) mass is 467 g/mol. The number of nitrogens with one attached hydrogen (secondary N) is 1. The summed E-state index contributed by atoms with van der Waals surface area (Å²) in [6.45, 7) is 9.10. The lowest BCUT2D eigenvalue weighted by Gasteiger charge is -2.40. The molecule has 4 heterocycles. The van der Waals surface area contributed by atoms with Gasteiger partial charge >= 0.3 is 6.09 Å². The van der Waals surface area contributed by atoms with Gasteiger partial charge in [-0.3, -0.25) is 14.9 Å². The average molecular weight is 468 g/mol. The van der Waals surface area contributed by atoms with Crippen LogP contribution >= 0.6 is 0 Å². The second-order valence-corrected chi connectivity index (χ2v) is 10.9. The summed E-state index contributed by atoms with van der Waals surface area (Å²) in [5, 5.41) is 2.42. The molecule has 182 valence electrons. The number of amides is 3. The number of piperidine rings is 2. The second-order valence-electron chi connectivity index (χ2n) is 10.9. The predicted octanol–water partition coefficient (Wildman–Crippen LogP) is 3.24. The molecule has 9 nitrogen and oxygen atoms in total. The van der Waals surface area contributed by atoms with E-state index < -0.39 is 11.6 Å². The summed E-state index contributed by atoms with van der Waals surface area (Å²) in [5.74, 6) is -0.481. The van der Waals surface area contributed by atoms with Crippen LogP contribution in [0.4, 0.5) is 10.5 Å². The minimum absolute atomic E-state index is 0.171. The van der Waals surface area contributed by atoms with Crippen molar-refractivity contribution in [3.8, 4) is 0 Å². The molecule has 0 aliphatic carbocycles. The van der Waals surface area contributed by atoms with Crippen molar-refractivity contribution in [2.45, 2.75) is 64.5 Å². The summed E-state index contributed by atoms with van der Waals surface area (Å²) in [6, 6.07) is 5.79. The Morgan fingerprint density at radius 3 is 2.59 bits per heavy atom. The summed E-state index contributed by atoms with van der Waals surface area (Å²) < 4.78 is 7.44. The van der Waals surface area contributed by atoms with Gasteiger partial charge in [0.15, 0.2) is 0 Å². The van der Waals surface area contributed by atoms with E-state index in [1.807, 2.05) is 36.3 Å². The van der Waals surface area contributed by atoms with Crippen LogP contribution in [0.1, 0.15) is 58.9 Å². The van der Waals surface area contributed by atoms with Crippen LogP contribution < -0.4 is 10.2 Å². The Balaban J connectivity index is 1.24. The Labute approximate surface area is 199 Å². The van der Waals surface area contributed by atoms with Crippen LogP contribution in [0.3, 0.4) is 0 Å². The molecular weight excluding hydrogens is 434 g/mol. The average Bonchev–Trinajstić information content (AvgIpc) is 3.38. The van der Waals surface area contributed by atoms with E-state index >= 15 is 0 Å². The van der Waals surface area contributed by atoms with Crippen molar-refractivity contribution in [1.29, 1.82) is 0 Å². The number of carbonyl (C=O) groups excluding carboxylic acids is 3. The number of ether oxygens (including phenoxy) is 1. The topological polar surface area (TPSA) is 96.8 Å². The van der Waals surface area contributed by atoms with Gasteiger partial charge in [0.05, 0.1) is 17.4 Å². The largest absolute Gasteiger partial charge is 0.444 e. The molecule has 0 radical (unpaired) electrons. The first-order valence-corrected chi connectivity index (χ1v) is 12.2. The van der Waals surface area contributed by atoms with Crippen molar-refractivity contribution in [3.63, 3.8) is 0 Å². The molecule has 1 aromatic heterocycles. The molecule has 1 aromatic carbocycles. The van der Waals surface area contributed by atoms with Gasteiger partial charge in [0, 0.05) is 38.3 Å². The summed E-state index contributed by atoms with van der Waals surface area (Å²) >= 11 is 0. The van der Waals surface area contributed by atoms with Crippen LogP contribution in [0.5, 0.6) is 0 Å². The fourth-order valence-corrected chi connectivity index (χ4v) is 5.48. The van der Waals surface area contributed by atoms with Gasteiger partial charge in [-0.25, -0.2) is 9.78 Å². The van der Waals surface area contributed by atoms with Crippen LogP contribution in [0.25, 0.3) is 11.0 Å². The number of imide groups is 1. The minimum Gasteiger partial charge on any atom is -0.444 e. The van der Waals surface area contributed by atoms with E-state index in [1.165, 1.54) is 0 Å². The zero-order valence-electron chi connectivity index (χ0n) is 20.2. The van der Waals surface area contributed by atoms with Gasteiger partial charge in [-0.1, -0.05) is 0 Å². The van der Waals surface area contributed by atoms with Crippen molar-refractivity contribution in [2.75, 3.05) is 31.1 Å². The molecule has 1 unspecified atom stereocenters. The Hall–Kier alpha value is -3.10. The molecule has 2 aromatic rings. The number of aromatic nitrogens is 2. The zero-order valence-corrected chi connectivity index (χ0v) is 20.2. The fraction of sp³-hybridized carbons (Fsp3) is 0.600. The maximum Gasteiger partial charge on any atom is 0.410 e. The Morgan fingerprint density at radius 1 is 1.15 bits per heavy atom. The van der Waals surface area contributed by atoms with Crippen molar-refractivity contribution in [2.24, 2.45) is 5.41 Å². The number of carbonyl (C=O) groups is 3. The first kappa shape index (κ1) is 22.7. The number of benzene rings is 1. The van der Waals surface area contributed by atoms with Gasteiger partial charge < -0.3 is 19.1 Å². The third kappa shape index (κ3) is 4.35. The van der Waals surface area contributed by atoms with E-state index in [2.05, 4.69) is 27.3 Å². The molecule has 5 rings (SSSR count). The first-order chi connectivity index (χ1) is 16.1. The number of hydrogen-bond acceptors (Lipinski definition) is 6. The molecule has 9 heteroatoms. The highest BCUT2D eigenvalue weighted by Crippen LogP contribution is 2.42. The van der Waals surface area contributed by atoms with Gasteiger partial charge in [-0.2, -0.15) is 0 Å². The van der Waals surface area contributed by atoms with Gasteiger partial charge in [0.25, 0.3) is 0 Å². The van der Waals surface area contributed by atoms with Gasteiger partial charge in [0.1, 0.15) is 11.6 Å². The quantitative estimate of drug-likeness (QED) is 0.681. The summed E-state index contributed by atoms with van der Waals surface area (Å²) in [7, 11) is 0. The second kappa shape index (κ2) is 8.29. The number of hydrogen-bond donors (Lipinski definition) is 1. The number of nitrogens with zero attached hydrogens (tertiary/aromatic N) is 4. The SMILES string of the molecule is CC(C)(C)OC(=O)N1CCC2(CCN(c3ccc4c(c3)ncn4C3CCC(=O)NC3=O)CC2)C1. The third-order valence-electron chi connectivity index (χ3n) is 7.38. The number of rotatable bonds is 2. The van der Waals surface area contributed by atoms with Crippen LogP contribution in [0.15, 0.2) is 24.5 Å². The molecule has 3 saturated heterocycles. The Bertz CT molecular complexity index is 1130. The highest BCUT2D eigenvalue weighted by Gasteiger charge is 2.43. The number of fused-ring (bicyclic) bond motifs is 1. The van der Waals surface area contributed by atoms with Gasteiger partial charge in [-0.05, 0) is 70.1 Å². The summed E-state index contributed by atoms with van der Waals surface area (Å²) in [4.78, 5) is 45.1. The summed E-state index contributed by atoms with van der Waals surface area (Å²) in [5.41, 5.74) is 2.57. The van der Waals surface area contributed by atoms with E-state index in [0.29, 0.717) is 12.8 Å². The minimum atomic E-state index is -0.472. The molecule has 1 spiro atoms. The molecule has 3 amide bonds. The van der Waals surface area contributed by atoms with Crippen LogP contribution in [-0.2, 0) is 14.3 Å². The van der Waals surface area contributed by atoms with E-state index in [4.69, 9.17) is 4.74 Å². The zero-order chi connectivity index (χ0) is 24.1. The van der Waals surface area contributed by atoms with Crippen LogP contribution in [0.2, 0.25) is 0 Å². The van der Waals surface area contributed by atoms with Gasteiger partial charge in [0.2, 0.25) is 11.8 Å². The molecule has 0 bridgehead atoms. The van der Waals surface area contributed by atoms with Crippen molar-refractivity contribution >= 4 is 34.6 Å². The van der Waals surface area contributed by atoms with Gasteiger partial charge in [-0.15, -0.1) is 0 Å². The number of imidazole rings is 1. The van der Waals surface area contributed by atoms with E-state index in [-0.39, 0.29) is 23.3 Å². The van der Waals surface area contributed by atoms with E-state index in [0.717, 1.165) is 62.2 Å². The third-order valence-corrected chi connectivity index (χ3v) is 7.38. The summed E-state index contributed by atoms with van der Waals surface area (Å²) in [6.07, 6.45) is 5.42. The lowest BCUT2D eigenvalue weighted by molar-refractivity contribution is -0.135. The lowest BCUT2D eigenvalue weighted by Crippen LogP contribution is -2.43. The van der Waals surface area contributed by atoms with Crippen LogP contribution in [0, 0.1) is 5.41 Å². The lowest BCUT2D eigenvalue weighted by atomic mass is 9.77. The predicted molar refractivity (Wildman–Crippen MR) is 127 cm³/mol. The molecule has 1 atom stereocenters. The number of anilines is 1. The maximum absolute atomic E-state index is 12.5. The molecule has 3 aliphatic heterocycles. The molecule has 3 aliphatic rings. The highest BCUT2D eigenvalue weighted by atomic mass is 16.6. The van der Waals surface area contributed by atoms with E-state index in [9.17, 15) is 14.4 Å². The van der Waals surface area contributed by atoms with Crippen molar-refractivity contribution < 1.29 is 19.1 Å². The molecule has 34 heavy (non-hydrogen) atoms. The molecule has 0 saturated carbocycles. The normalized spacial score (nSPS) is 23.0. The molecule has 1 N–H and O–H groups in total.